The van der Waals surface area contributed by atoms with Crippen LogP contribution in [0.25, 0.3) is 0 Å². The molecule has 0 saturated carbocycles. The Bertz CT molecular complexity index is 629. The fourth-order valence-corrected chi connectivity index (χ4v) is 2.07. The minimum Gasteiger partial charge on any atom is -0.457 e. The van der Waals surface area contributed by atoms with E-state index in [-0.39, 0.29) is 17.9 Å². The molecule has 0 amide bonds. The fraction of sp³-hybridized carbons (Fsp3) is 0.200. The third kappa shape index (κ3) is 4.12. The first kappa shape index (κ1) is 15.7. The van der Waals surface area contributed by atoms with Crippen LogP contribution in [0, 0.1) is 0 Å². The van der Waals surface area contributed by atoms with Crippen LogP contribution < -0.4 is 10.1 Å². The van der Waals surface area contributed by atoms with Gasteiger partial charge >= 0.3 is 6.18 Å². The topological polar surface area (TPSA) is 21.3 Å². The summed E-state index contributed by atoms with van der Waals surface area (Å²) in [5.41, 5.74) is -0.542. The molecular formula is C15H13ClF3NO. The Morgan fingerprint density at radius 3 is 2.43 bits per heavy atom. The molecule has 0 radical (unpaired) electrons. The Morgan fingerprint density at radius 1 is 1.10 bits per heavy atom. The van der Waals surface area contributed by atoms with Gasteiger partial charge in [0.1, 0.15) is 11.5 Å². The SMILES string of the molecule is CNCc1ccc(Oc2cccc(Cl)c2)cc1C(F)(F)F. The molecule has 0 aliphatic carbocycles. The monoisotopic (exact) mass is 315 g/mol. The summed E-state index contributed by atoms with van der Waals surface area (Å²) < 4.78 is 44.6. The van der Waals surface area contributed by atoms with Crippen molar-refractivity contribution >= 4 is 11.6 Å². The predicted octanol–water partition coefficient (Wildman–Crippen LogP) is 4.87. The predicted molar refractivity (Wildman–Crippen MR) is 75.7 cm³/mol. The van der Waals surface area contributed by atoms with Gasteiger partial charge in [-0.05, 0) is 42.9 Å². The van der Waals surface area contributed by atoms with Crippen molar-refractivity contribution in [2.24, 2.45) is 0 Å². The molecule has 0 spiro atoms. The van der Waals surface area contributed by atoms with E-state index >= 15 is 0 Å². The number of hydrogen-bond donors (Lipinski definition) is 1. The van der Waals surface area contributed by atoms with Crippen LogP contribution >= 0.6 is 11.6 Å². The van der Waals surface area contributed by atoms with E-state index in [2.05, 4.69) is 5.32 Å². The van der Waals surface area contributed by atoms with Crippen LogP contribution in [0.15, 0.2) is 42.5 Å². The quantitative estimate of drug-likeness (QED) is 0.869. The Kier molecular flexibility index (Phi) is 4.75. The molecular weight excluding hydrogens is 303 g/mol. The largest absolute Gasteiger partial charge is 0.457 e. The van der Waals surface area contributed by atoms with E-state index in [1.165, 1.54) is 18.2 Å². The molecule has 0 unspecified atom stereocenters. The summed E-state index contributed by atoms with van der Waals surface area (Å²) in [4.78, 5) is 0. The number of rotatable bonds is 4. The molecule has 0 saturated heterocycles. The van der Waals surface area contributed by atoms with Gasteiger partial charge in [-0.3, -0.25) is 0 Å². The zero-order chi connectivity index (χ0) is 15.5. The first-order chi connectivity index (χ1) is 9.90. The molecule has 2 aromatic carbocycles. The molecule has 112 valence electrons. The van der Waals surface area contributed by atoms with Gasteiger partial charge in [0.25, 0.3) is 0 Å². The molecule has 2 rings (SSSR count). The van der Waals surface area contributed by atoms with E-state index in [1.54, 1.807) is 25.2 Å². The smallest absolute Gasteiger partial charge is 0.416 e. The summed E-state index contributed by atoms with van der Waals surface area (Å²) in [5, 5.41) is 3.17. The second-order valence-electron chi connectivity index (χ2n) is 4.41. The van der Waals surface area contributed by atoms with Crippen molar-refractivity contribution in [2.45, 2.75) is 12.7 Å². The molecule has 0 atom stereocenters. The molecule has 2 aromatic rings. The highest BCUT2D eigenvalue weighted by Gasteiger charge is 2.33. The molecule has 0 bridgehead atoms. The standard InChI is InChI=1S/C15H13ClF3NO/c1-20-9-10-5-6-13(8-14(10)15(17,18)19)21-12-4-2-3-11(16)7-12/h2-8,20H,9H2,1H3. The van der Waals surface area contributed by atoms with Crippen molar-refractivity contribution in [1.29, 1.82) is 0 Å². The molecule has 0 aromatic heterocycles. The molecule has 0 aliphatic rings. The lowest BCUT2D eigenvalue weighted by molar-refractivity contribution is -0.138. The van der Waals surface area contributed by atoms with Crippen LogP contribution in [0.2, 0.25) is 5.02 Å². The van der Waals surface area contributed by atoms with Gasteiger partial charge in [0.2, 0.25) is 0 Å². The Hall–Kier alpha value is -1.72. The minimum atomic E-state index is -4.43. The average molecular weight is 316 g/mol. The highest BCUT2D eigenvalue weighted by atomic mass is 35.5. The van der Waals surface area contributed by atoms with Gasteiger partial charge in [0.15, 0.2) is 0 Å². The number of ether oxygens (including phenoxy) is 1. The maximum Gasteiger partial charge on any atom is 0.416 e. The lowest BCUT2D eigenvalue weighted by Gasteiger charge is -2.15. The number of benzene rings is 2. The summed E-state index contributed by atoms with van der Waals surface area (Å²) >= 11 is 5.81. The normalized spacial score (nSPS) is 11.5. The van der Waals surface area contributed by atoms with Crippen LogP contribution in [0.3, 0.4) is 0 Å². The first-order valence-electron chi connectivity index (χ1n) is 6.18. The zero-order valence-corrected chi connectivity index (χ0v) is 11.9. The van der Waals surface area contributed by atoms with Crippen LogP contribution in [0.4, 0.5) is 13.2 Å². The number of halogens is 4. The van der Waals surface area contributed by atoms with Crippen molar-refractivity contribution in [3.05, 3.63) is 58.6 Å². The molecule has 1 N–H and O–H groups in total. The number of alkyl halides is 3. The third-order valence-electron chi connectivity index (χ3n) is 2.79. The van der Waals surface area contributed by atoms with Gasteiger partial charge in [-0.1, -0.05) is 23.7 Å². The van der Waals surface area contributed by atoms with Crippen LogP contribution in [0.5, 0.6) is 11.5 Å². The summed E-state index contributed by atoms with van der Waals surface area (Å²) in [7, 11) is 1.59. The van der Waals surface area contributed by atoms with Crippen molar-refractivity contribution in [3.8, 4) is 11.5 Å². The number of hydrogen-bond acceptors (Lipinski definition) is 2. The highest BCUT2D eigenvalue weighted by Crippen LogP contribution is 2.35. The maximum atomic E-state index is 13.1. The molecule has 0 aliphatic heterocycles. The van der Waals surface area contributed by atoms with Gasteiger partial charge in [0.05, 0.1) is 5.56 Å². The minimum absolute atomic E-state index is 0.115. The van der Waals surface area contributed by atoms with E-state index in [0.717, 1.165) is 6.07 Å². The number of nitrogens with one attached hydrogen (secondary N) is 1. The third-order valence-corrected chi connectivity index (χ3v) is 3.02. The molecule has 0 heterocycles. The van der Waals surface area contributed by atoms with Gasteiger partial charge in [-0.2, -0.15) is 13.2 Å². The Morgan fingerprint density at radius 2 is 1.81 bits per heavy atom. The molecule has 0 fully saturated rings. The molecule has 21 heavy (non-hydrogen) atoms. The van der Waals surface area contributed by atoms with E-state index in [0.29, 0.717) is 10.8 Å². The van der Waals surface area contributed by atoms with E-state index in [4.69, 9.17) is 16.3 Å². The summed E-state index contributed by atoms with van der Waals surface area (Å²) in [5.74, 6) is 0.501. The maximum absolute atomic E-state index is 13.1. The van der Waals surface area contributed by atoms with Crippen molar-refractivity contribution in [2.75, 3.05) is 7.05 Å². The van der Waals surface area contributed by atoms with Crippen LogP contribution in [0.1, 0.15) is 11.1 Å². The lowest BCUT2D eigenvalue weighted by Crippen LogP contribution is -2.14. The Balaban J connectivity index is 2.33. The van der Waals surface area contributed by atoms with E-state index in [9.17, 15) is 13.2 Å². The highest BCUT2D eigenvalue weighted by molar-refractivity contribution is 6.30. The first-order valence-corrected chi connectivity index (χ1v) is 6.56. The van der Waals surface area contributed by atoms with Gasteiger partial charge in [-0.25, -0.2) is 0 Å². The van der Waals surface area contributed by atoms with Crippen LogP contribution in [-0.2, 0) is 12.7 Å². The van der Waals surface area contributed by atoms with Gasteiger partial charge in [-0.15, -0.1) is 0 Å². The van der Waals surface area contributed by atoms with Gasteiger partial charge < -0.3 is 10.1 Å². The van der Waals surface area contributed by atoms with Crippen molar-refractivity contribution < 1.29 is 17.9 Å². The summed E-state index contributed by atoms with van der Waals surface area (Å²) in [6, 6.07) is 10.4. The van der Waals surface area contributed by atoms with Gasteiger partial charge in [0, 0.05) is 11.6 Å². The average Bonchev–Trinajstić information content (AvgIpc) is 2.39. The van der Waals surface area contributed by atoms with E-state index < -0.39 is 11.7 Å². The van der Waals surface area contributed by atoms with E-state index in [1.807, 2.05) is 0 Å². The second-order valence-corrected chi connectivity index (χ2v) is 4.84. The fourth-order valence-electron chi connectivity index (χ4n) is 1.89. The lowest BCUT2D eigenvalue weighted by atomic mass is 10.1. The van der Waals surface area contributed by atoms with Crippen LogP contribution in [-0.4, -0.2) is 7.05 Å². The summed E-state index contributed by atoms with van der Waals surface area (Å²) in [6.45, 7) is 0.131. The van der Waals surface area contributed by atoms with Crippen molar-refractivity contribution in [1.82, 2.24) is 5.32 Å². The molecule has 2 nitrogen and oxygen atoms in total. The Labute approximate surface area is 125 Å². The zero-order valence-electron chi connectivity index (χ0n) is 11.2. The second kappa shape index (κ2) is 6.37. The molecule has 6 heteroatoms. The summed E-state index contributed by atoms with van der Waals surface area (Å²) in [6.07, 6.45) is -4.43. The van der Waals surface area contributed by atoms with Crippen molar-refractivity contribution in [3.63, 3.8) is 0 Å².